The highest BCUT2D eigenvalue weighted by atomic mass is 79.9. The smallest absolute Gasteiger partial charge is 0.304 e. The number of nitrogens with one attached hydrogen (secondary N) is 2. The third-order valence-electron chi connectivity index (χ3n) is 2.36. The van der Waals surface area contributed by atoms with Crippen LogP contribution in [0.25, 0.3) is 0 Å². The molecule has 4 N–H and O–H groups in total. The first-order chi connectivity index (χ1) is 9.29. The minimum atomic E-state index is -3.88. The van der Waals surface area contributed by atoms with Crippen molar-refractivity contribution in [2.24, 2.45) is 0 Å². The highest BCUT2D eigenvalue weighted by molar-refractivity contribution is 9.10. The number of halogens is 2. The van der Waals surface area contributed by atoms with E-state index in [0.29, 0.717) is 5.69 Å². The first kappa shape index (κ1) is 15.2. The van der Waals surface area contributed by atoms with Crippen LogP contribution in [0.4, 0.5) is 10.1 Å². The minimum Gasteiger partial charge on any atom is -0.396 e. The lowest BCUT2D eigenvalue weighted by atomic mass is 10.3. The van der Waals surface area contributed by atoms with Gasteiger partial charge in [0.05, 0.1) is 17.1 Å². The number of H-pyrrole nitrogens is 1. The van der Waals surface area contributed by atoms with Crippen molar-refractivity contribution in [1.29, 1.82) is 0 Å². The molecule has 0 aliphatic carbocycles. The maximum absolute atomic E-state index is 13.2. The molecule has 10 heteroatoms. The predicted molar refractivity (Wildman–Crippen MR) is 77.5 cm³/mol. The third-order valence-corrected chi connectivity index (χ3v) is 5.44. The van der Waals surface area contributed by atoms with Gasteiger partial charge in [0.25, 0.3) is 0 Å². The molecule has 2 rings (SSSR count). The fourth-order valence-electron chi connectivity index (χ4n) is 1.40. The summed E-state index contributed by atoms with van der Waals surface area (Å²) < 4.78 is 39.7. The maximum atomic E-state index is 13.2. The van der Waals surface area contributed by atoms with Gasteiger partial charge in [-0.3, -0.25) is 4.79 Å². The van der Waals surface area contributed by atoms with Gasteiger partial charge in [-0.15, -0.1) is 0 Å². The summed E-state index contributed by atoms with van der Waals surface area (Å²) in [5.74, 6) is -0.710. The Bertz CT molecular complexity index is 800. The number of benzene rings is 1. The van der Waals surface area contributed by atoms with Crippen LogP contribution in [0.1, 0.15) is 5.69 Å². The predicted octanol–water partition coefficient (Wildman–Crippen LogP) is 1.40. The van der Waals surface area contributed by atoms with Gasteiger partial charge in [-0.2, -0.15) is 0 Å². The molecule has 0 atom stereocenters. The SMILES string of the molecule is Nc1cc(S(=O)(=O)NCc2csc(=O)[nH]2)c(Br)cc1F. The highest BCUT2D eigenvalue weighted by Gasteiger charge is 2.19. The normalized spacial score (nSPS) is 11.7. The van der Waals surface area contributed by atoms with Crippen LogP contribution < -0.4 is 15.3 Å². The second-order valence-electron chi connectivity index (χ2n) is 3.80. The van der Waals surface area contributed by atoms with Crippen LogP contribution in [-0.4, -0.2) is 13.4 Å². The largest absolute Gasteiger partial charge is 0.396 e. The van der Waals surface area contributed by atoms with E-state index in [1.54, 1.807) is 0 Å². The van der Waals surface area contributed by atoms with Crippen LogP contribution in [-0.2, 0) is 16.6 Å². The molecule has 6 nitrogen and oxygen atoms in total. The molecule has 0 amide bonds. The topological polar surface area (TPSA) is 105 Å². The van der Waals surface area contributed by atoms with Crippen LogP contribution in [0.15, 0.2) is 31.7 Å². The Morgan fingerprint density at radius 3 is 2.75 bits per heavy atom. The lowest BCUT2D eigenvalue weighted by molar-refractivity contribution is 0.579. The van der Waals surface area contributed by atoms with Gasteiger partial charge in [0.1, 0.15) is 5.82 Å². The molecule has 0 radical (unpaired) electrons. The fourth-order valence-corrected chi connectivity index (χ4v) is 4.04. The number of nitrogens with two attached hydrogens (primary N) is 1. The average molecular weight is 382 g/mol. The standard InChI is InChI=1S/C10H9BrFN3O3S2/c11-6-1-7(12)8(13)2-9(6)20(17,18)14-3-5-4-19-10(16)15-5/h1-2,4,14H,3,13H2,(H,15,16). The molecule has 20 heavy (non-hydrogen) atoms. The first-order valence-corrected chi connectivity index (χ1v) is 8.36. The molecule has 0 unspecified atom stereocenters. The van der Waals surface area contributed by atoms with E-state index in [1.165, 1.54) is 5.38 Å². The van der Waals surface area contributed by atoms with Gasteiger partial charge in [-0.05, 0) is 28.1 Å². The van der Waals surface area contributed by atoms with Crippen molar-refractivity contribution in [1.82, 2.24) is 9.71 Å². The zero-order chi connectivity index (χ0) is 14.9. The number of aromatic nitrogens is 1. The van der Waals surface area contributed by atoms with E-state index in [0.717, 1.165) is 23.5 Å². The summed E-state index contributed by atoms with van der Waals surface area (Å²) >= 11 is 3.91. The summed E-state index contributed by atoms with van der Waals surface area (Å²) in [7, 11) is -3.88. The van der Waals surface area contributed by atoms with Crippen molar-refractivity contribution in [3.05, 3.63) is 43.2 Å². The number of aromatic amines is 1. The monoisotopic (exact) mass is 381 g/mol. The number of anilines is 1. The van der Waals surface area contributed by atoms with E-state index in [-0.39, 0.29) is 26.5 Å². The minimum absolute atomic E-state index is 0.0653. The lowest BCUT2D eigenvalue weighted by Gasteiger charge is -2.09. The molecular weight excluding hydrogens is 373 g/mol. The lowest BCUT2D eigenvalue weighted by Crippen LogP contribution is -2.24. The van der Waals surface area contributed by atoms with Gasteiger partial charge < -0.3 is 10.7 Å². The van der Waals surface area contributed by atoms with Crippen molar-refractivity contribution in [2.75, 3.05) is 5.73 Å². The molecule has 0 fully saturated rings. The van der Waals surface area contributed by atoms with E-state index >= 15 is 0 Å². The fraction of sp³-hybridized carbons (Fsp3) is 0.100. The van der Waals surface area contributed by atoms with Crippen LogP contribution >= 0.6 is 27.3 Å². The molecule has 0 aliphatic rings. The Morgan fingerprint density at radius 2 is 2.15 bits per heavy atom. The second-order valence-corrected chi connectivity index (χ2v) is 7.23. The van der Waals surface area contributed by atoms with E-state index in [9.17, 15) is 17.6 Å². The molecule has 0 saturated carbocycles. The summed E-state index contributed by atoms with van der Waals surface area (Å²) in [4.78, 5) is 13.0. The summed E-state index contributed by atoms with van der Waals surface area (Å²) in [5, 5.41) is 1.51. The number of sulfonamides is 1. The van der Waals surface area contributed by atoms with E-state index < -0.39 is 15.8 Å². The van der Waals surface area contributed by atoms with Gasteiger partial charge in [-0.1, -0.05) is 11.3 Å². The number of hydrogen-bond donors (Lipinski definition) is 3. The van der Waals surface area contributed by atoms with Crippen molar-refractivity contribution in [3.63, 3.8) is 0 Å². The summed E-state index contributed by atoms with van der Waals surface area (Å²) in [6.45, 7) is -0.0786. The Morgan fingerprint density at radius 1 is 1.45 bits per heavy atom. The number of hydrogen-bond acceptors (Lipinski definition) is 5. The van der Waals surface area contributed by atoms with Crippen molar-refractivity contribution in [3.8, 4) is 0 Å². The van der Waals surface area contributed by atoms with Crippen molar-refractivity contribution >= 4 is 43.0 Å². The van der Waals surface area contributed by atoms with Gasteiger partial charge in [0, 0.05) is 15.5 Å². The molecule has 1 aromatic carbocycles. The number of nitrogen functional groups attached to an aromatic ring is 1. The summed E-state index contributed by atoms with van der Waals surface area (Å²) in [5.41, 5.74) is 5.54. The van der Waals surface area contributed by atoms with Crippen LogP contribution in [0.5, 0.6) is 0 Å². The van der Waals surface area contributed by atoms with Crippen LogP contribution in [0.3, 0.4) is 0 Å². The number of rotatable bonds is 4. The Balaban J connectivity index is 2.26. The summed E-state index contributed by atoms with van der Waals surface area (Å²) in [6, 6.07) is 2.01. The maximum Gasteiger partial charge on any atom is 0.304 e. The van der Waals surface area contributed by atoms with Crippen LogP contribution in [0.2, 0.25) is 0 Å². The first-order valence-electron chi connectivity index (χ1n) is 5.20. The van der Waals surface area contributed by atoms with Gasteiger partial charge in [0.2, 0.25) is 10.0 Å². The Labute approximate surface area is 126 Å². The van der Waals surface area contributed by atoms with E-state index in [4.69, 9.17) is 5.73 Å². The summed E-state index contributed by atoms with van der Waals surface area (Å²) in [6.07, 6.45) is 0. The third kappa shape index (κ3) is 3.26. The van der Waals surface area contributed by atoms with E-state index in [1.807, 2.05) is 0 Å². The molecule has 0 aliphatic heterocycles. The molecule has 2 aromatic rings. The van der Waals surface area contributed by atoms with Crippen molar-refractivity contribution in [2.45, 2.75) is 11.4 Å². The quantitative estimate of drug-likeness (QED) is 0.695. The zero-order valence-electron chi connectivity index (χ0n) is 9.81. The van der Waals surface area contributed by atoms with Crippen LogP contribution in [0, 0.1) is 5.82 Å². The number of thiazole rings is 1. The van der Waals surface area contributed by atoms with Crippen molar-refractivity contribution < 1.29 is 12.8 Å². The molecule has 1 aromatic heterocycles. The van der Waals surface area contributed by atoms with E-state index in [2.05, 4.69) is 25.6 Å². The van der Waals surface area contributed by atoms with Gasteiger partial charge in [0.15, 0.2) is 0 Å². The second kappa shape index (κ2) is 5.64. The average Bonchev–Trinajstić information content (AvgIpc) is 2.77. The molecule has 108 valence electrons. The van der Waals surface area contributed by atoms with Gasteiger partial charge in [-0.25, -0.2) is 17.5 Å². The molecule has 1 heterocycles. The molecule has 0 bridgehead atoms. The molecular formula is C10H9BrFN3O3S2. The molecule has 0 spiro atoms. The Hall–Kier alpha value is -1.23. The highest BCUT2D eigenvalue weighted by Crippen LogP contribution is 2.26. The molecule has 0 saturated heterocycles. The Kier molecular flexibility index (Phi) is 4.28. The zero-order valence-corrected chi connectivity index (χ0v) is 13.0. The van der Waals surface area contributed by atoms with Gasteiger partial charge >= 0.3 is 4.87 Å².